The summed E-state index contributed by atoms with van der Waals surface area (Å²) >= 11 is 0. The zero-order valence-corrected chi connectivity index (χ0v) is 17.5. The van der Waals surface area contributed by atoms with Crippen LogP contribution in [0.3, 0.4) is 0 Å². The summed E-state index contributed by atoms with van der Waals surface area (Å²) in [5.41, 5.74) is 0. The largest absolute Gasteiger partial charge is 0.481 e. The van der Waals surface area contributed by atoms with Crippen molar-refractivity contribution in [2.45, 2.75) is 104 Å². The Labute approximate surface area is 166 Å². The fourth-order valence-electron chi connectivity index (χ4n) is 2.76. The maximum absolute atomic E-state index is 11.7. The molecule has 0 aliphatic carbocycles. The average Bonchev–Trinajstić information content (AvgIpc) is 2.64. The minimum Gasteiger partial charge on any atom is -0.481 e. The first-order chi connectivity index (χ1) is 13.1. The highest BCUT2D eigenvalue weighted by molar-refractivity contribution is 5.70. The van der Waals surface area contributed by atoms with Gasteiger partial charge in [-0.25, -0.2) is 0 Å². The van der Waals surface area contributed by atoms with Gasteiger partial charge in [0.15, 0.2) is 0 Å². The molecule has 0 aliphatic heterocycles. The summed E-state index contributed by atoms with van der Waals surface area (Å²) in [7, 11) is 0. The summed E-state index contributed by atoms with van der Waals surface area (Å²) in [6.07, 6.45) is 22.4. The normalized spacial score (nSPS) is 11.7. The first kappa shape index (κ1) is 25.3. The van der Waals surface area contributed by atoms with Crippen LogP contribution in [0.5, 0.6) is 0 Å². The zero-order chi connectivity index (χ0) is 20.2. The number of aliphatic hydroxyl groups excluding tert-OH is 1. The maximum atomic E-state index is 11.7. The summed E-state index contributed by atoms with van der Waals surface area (Å²) in [6, 6.07) is 0. The number of allylic oxidation sites excluding steroid dienone is 3. The van der Waals surface area contributed by atoms with Gasteiger partial charge in [-0.05, 0) is 51.7 Å². The van der Waals surface area contributed by atoms with Gasteiger partial charge >= 0.3 is 5.97 Å². The molecule has 1 N–H and O–H groups in total. The molecule has 0 aromatic heterocycles. The predicted octanol–water partition coefficient (Wildman–Crippen LogP) is 7.47. The summed E-state index contributed by atoms with van der Waals surface area (Å²) < 4.78 is 9.77. The number of unbranched alkanes of at least 4 members (excludes halogenated alkanes) is 11. The van der Waals surface area contributed by atoms with Crippen molar-refractivity contribution in [1.29, 1.82) is 0 Å². The van der Waals surface area contributed by atoms with E-state index in [4.69, 9.17) is 14.6 Å². The molecule has 0 radical (unpaired) electrons. The molecular formula is C23H40O4. The third-order valence-electron chi connectivity index (χ3n) is 4.31. The molecular weight excluding hydrogens is 340 g/mol. The number of carbonyl (C=O) groups excluding carboxylic acids is 1. The summed E-state index contributed by atoms with van der Waals surface area (Å²) in [5, 5.41) is 8.93. The lowest BCUT2D eigenvalue weighted by atomic mass is 10.1. The molecule has 0 fully saturated rings. The molecule has 0 aromatic rings. The van der Waals surface area contributed by atoms with Gasteiger partial charge in [-0.2, -0.15) is 0 Å². The Morgan fingerprint density at radius 3 is 1.89 bits per heavy atom. The third-order valence-corrected chi connectivity index (χ3v) is 4.31. The van der Waals surface area contributed by atoms with Crippen LogP contribution in [-0.4, -0.2) is 11.1 Å². The van der Waals surface area contributed by atoms with Crippen molar-refractivity contribution in [3.63, 3.8) is 0 Å². The number of carbonyl (C=O) groups is 1. The average molecular weight is 381 g/mol. The Balaban J connectivity index is 3.43. The Kier molecular flexibility index (Phi) is 17.9. The van der Waals surface area contributed by atoms with Gasteiger partial charge < -0.3 is 14.6 Å². The van der Waals surface area contributed by atoms with E-state index in [1.165, 1.54) is 63.9 Å². The van der Waals surface area contributed by atoms with Crippen LogP contribution in [0.4, 0.5) is 0 Å². The quantitative estimate of drug-likeness (QED) is 0.116. The maximum Gasteiger partial charge on any atom is 0.313 e. The van der Waals surface area contributed by atoms with Crippen LogP contribution < -0.4 is 0 Å². The van der Waals surface area contributed by atoms with E-state index in [0.29, 0.717) is 6.42 Å². The van der Waals surface area contributed by atoms with E-state index in [2.05, 4.69) is 25.7 Å². The number of rotatable bonds is 18. The molecule has 0 heterocycles. The van der Waals surface area contributed by atoms with Gasteiger partial charge in [0, 0.05) is 6.42 Å². The number of esters is 1. The molecule has 156 valence electrons. The number of hydrogen-bond donors (Lipinski definition) is 1. The molecule has 0 rings (SSSR count). The van der Waals surface area contributed by atoms with E-state index < -0.39 is 5.95 Å². The Morgan fingerprint density at radius 2 is 1.37 bits per heavy atom. The molecule has 4 nitrogen and oxygen atoms in total. The van der Waals surface area contributed by atoms with Crippen molar-refractivity contribution in [1.82, 2.24) is 0 Å². The van der Waals surface area contributed by atoms with Crippen LogP contribution in [0.2, 0.25) is 0 Å². The van der Waals surface area contributed by atoms with Crippen molar-refractivity contribution in [3.8, 4) is 0 Å². The molecule has 0 saturated carbocycles. The number of aliphatic hydroxyl groups is 1. The fourth-order valence-corrected chi connectivity index (χ4v) is 2.76. The van der Waals surface area contributed by atoms with Gasteiger partial charge in [0.1, 0.15) is 0 Å². The molecule has 0 saturated heterocycles. The molecule has 4 heteroatoms. The lowest BCUT2D eigenvalue weighted by Gasteiger charge is -2.08. The van der Waals surface area contributed by atoms with Crippen LogP contribution >= 0.6 is 0 Å². The van der Waals surface area contributed by atoms with Crippen LogP contribution in [0.1, 0.15) is 104 Å². The van der Waals surface area contributed by atoms with Crippen LogP contribution in [0.15, 0.2) is 36.7 Å². The van der Waals surface area contributed by atoms with E-state index in [9.17, 15) is 4.79 Å². The van der Waals surface area contributed by atoms with Crippen LogP contribution in [-0.2, 0) is 14.3 Å². The minimum atomic E-state index is -0.489. The van der Waals surface area contributed by atoms with Gasteiger partial charge in [0.25, 0.3) is 11.9 Å². The van der Waals surface area contributed by atoms with Crippen LogP contribution in [0.25, 0.3) is 0 Å². The minimum absolute atomic E-state index is 0.0275. The van der Waals surface area contributed by atoms with Gasteiger partial charge in [0.2, 0.25) is 0 Å². The summed E-state index contributed by atoms with van der Waals surface area (Å²) in [5.74, 6) is -0.862. The molecule has 0 unspecified atom stereocenters. The lowest BCUT2D eigenvalue weighted by molar-refractivity contribution is -0.145. The van der Waals surface area contributed by atoms with Crippen molar-refractivity contribution in [2.75, 3.05) is 0 Å². The molecule has 0 atom stereocenters. The summed E-state index contributed by atoms with van der Waals surface area (Å²) in [6.45, 7) is 7.11. The Morgan fingerprint density at radius 1 is 0.852 bits per heavy atom. The second-order valence-electron chi connectivity index (χ2n) is 6.91. The van der Waals surface area contributed by atoms with Crippen LogP contribution in [0, 0.1) is 0 Å². The van der Waals surface area contributed by atoms with E-state index in [1.54, 1.807) is 6.92 Å². The highest BCUT2D eigenvalue weighted by Crippen LogP contribution is 2.12. The molecule has 0 amide bonds. The van der Waals surface area contributed by atoms with E-state index in [-0.39, 0.29) is 11.9 Å². The molecule has 0 aromatic carbocycles. The Bertz CT molecular complexity index is 438. The van der Waals surface area contributed by atoms with Crippen molar-refractivity contribution >= 4 is 5.97 Å². The SMILES string of the molecule is C=C(O)O/C(=C/C)OC(=O)CCCCCCC/C=C\CCCCCCCC. The number of hydrogen-bond acceptors (Lipinski definition) is 4. The highest BCUT2D eigenvalue weighted by atomic mass is 16.7. The van der Waals surface area contributed by atoms with Gasteiger partial charge in [0.05, 0.1) is 0 Å². The second-order valence-corrected chi connectivity index (χ2v) is 6.91. The monoisotopic (exact) mass is 380 g/mol. The Hall–Kier alpha value is -1.71. The molecule has 27 heavy (non-hydrogen) atoms. The van der Waals surface area contributed by atoms with Crippen molar-refractivity contribution in [2.24, 2.45) is 0 Å². The standard InChI is InChI=1S/C23H40O4/c1-4-6-7-8-9-10-11-12-13-14-15-16-17-18-19-20-22(25)27-23(5-2)26-21(3)24/h5,12-13,24H,3-4,6-11,14-20H2,1-2H3/b13-12-,23-5-. The molecule has 0 spiro atoms. The number of ether oxygens (including phenoxy) is 2. The first-order valence-corrected chi connectivity index (χ1v) is 10.7. The second kappa shape index (κ2) is 19.1. The van der Waals surface area contributed by atoms with Gasteiger partial charge in [-0.3, -0.25) is 4.79 Å². The molecule has 0 aliphatic rings. The first-order valence-electron chi connectivity index (χ1n) is 10.7. The van der Waals surface area contributed by atoms with E-state index >= 15 is 0 Å². The predicted molar refractivity (Wildman–Crippen MR) is 112 cm³/mol. The fraction of sp³-hybridized carbons (Fsp3) is 0.696. The highest BCUT2D eigenvalue weighted by Gasteiger charge is 2.08. The topological polar surface area (TPSA) is 55.8 Å². The summed E-state index contributed by atoms with van der Waals surface area (Å²) in [4.78, 5) is 11.7. The molecule has 0 bridgehead atoms. The van der Waals surface area contributed by atoms with Crippen molar-refractivity contribution < 1.29 is 19.4 Å². The van der Waals surface area contributed by atoms with E-state index in [0.717, 1.165) is 25.7 Å². The zero-order valence-electron chi connectivity index (χ0n) is 17.5. The van der Waals surface area contributed by atoms with Crippen molar-refractivity contribution in [3.05, 3.63) is 36.7 Å². The van der Waals surface area contributed by atoms with E-state index in [1.807, 2.05) is 0 Å². The lowest BCUT2D eigenvalue weighted by Crippen LogP contribution is -2.06. The third kappa shape index (κ3) is 18.9. The smallest absolute Gasteiger partial charge is 0.313 e. The van der Waals surface area contributed by atoms with Gasteiger partial charge in [-0.1, -0.05) is 70.4 Å². The van der Waals surface area contributed by atoms with Gasteiger partial charge in [-0.15, -0.1) is 0 Å².